The van der Waals surface area contributed by atoms with Crippen LogP contribution in [0.3, 0.4) is 0 Å². The predicted octanol–water partition coefficient (Wildman–Crippen LogP) is 8.41. The summed E-state index contributed by atoms with van der Waals surface area (Å²) in [6, 6.07) is 16.4. The Balaban J connectivity index is 1.61. The maximum absolute atomic E-state index is 14.2. The van der Waals surface area contributed by atoms with E-state index in [0.29, 0.717) is 36.8 Å². The van der Waals surface area contributed by atoms with E-state index in [1.165, 1.54) is 23.8 Å². The average molecular weight is 570 g/mol. The van der Waals surface area contributed by atoms with Crippen molar-refractivity contribution in [2.45, 2.75) is 31.9 Å². The van der Waals surface area contributed by atoms with Crippen LogP contribution >= 0.6 is 11.6 Å². The molecule has 0 unspecified atom stereocenters. The largest absolute Gasteiger partial charge is 0.478 e. The lowest BCUT2D eigenvalue weighted by atomic mass is 9.85. The zero-order valence-corrected chi connectivity index (χ0v) is 22.5. The second kappa shape index (κ2) is 11.6. The van der Waals surface area contributed by atoms with Gasteiger partial charge in [0, 0.05) is 24.7 Å². The van der Waals surface area contributed by atoms with Crippen molar-refractivity contribution < 1.29 is 27.5 Å². The molecule has 0 radical (unpaired) electrons. The highest BCUT2D eigenvalue weighted by Crippen LogP contribution is 2.44. The molecule has 3 aromatic rings. The van der Waals surface area contributed by atoms with Gasteiger partial charge in [-0.25, -0.2) is 4.79 Å². The molecule has 0 spiro atoms. The number of aromatic carboxylic acids is 1. The van der Waals surface area contributed by atoms with Gasteiger partial charge in [-0.2, -0.15) is 13.2 Å². The van der Waals surface area contributed by atoms with Crippen LogP contribution in [0.15, 0.2) is 66.2 Å². The first-order chi connectivity index (χ1) is 19.1. The van der Waals surface area contributed by atoms with E-state index in [1.54, 1.807) is 12.1 Å². The number of likely N-dealkylation sites (tertiary alicyclic amines) is 1. The molecule has 0 bridgehead atoms. The molecule has 0 atom stereocenters. The van der Waals surface area contributed by atoms with E-state index in [0.717, 1.165) is 48.0 Å². The zero-order valence-electron chi connectivity index (χ0n) is 21.7. The van der Waals surface area contributed by atoms with Crippen LogP contribution in [0.5, 0.6) is 0 Å². The standard InChI is InChI=1S/C32H28ClF4NO2/c33-25-10-12-27(29(17-25)32(35,36)37)28-4-1-3-23-16-24(31(39)40)9-11-26(23)30(28)22-7-5-20(6-8-22)15-21-18-38(19-21)14-2-13-34/h5-12,15-17H,1-4,13-14,18-19H2,(H,39,40). The van der Waals surface area contributed by atoms with Crippen molar-refractivity contribution >= 4 is 34.8 Å². The molecule has 208 valence electrons. The zero-order chi connectivity index (χ0) is 28.4. The van der Waals surface area contributed by atoms with E-state index >= 15 is 0 Å². The van der Waals surface area contributed by atoms with Crippen LogP contribution in [0.1, 0.15) is 63.0 Å². The molecule has 5 rings (SSSR count). The first-order valence-corrected chi connectivity index (χ1v) is 13.6. The number of carbonyl (C=O) groups is 1. The van der Waals surface area contributed by atoms with Crippen molar-refractivity contribution in [2.24, 2.45) is 0 Å². The number of aryl methyl sites for hydroxylation is 1. The van der Waals surface area contributed by atoms with E-state index in [9.17, 15) is 27.5 Å². The molecule has 1 saturated heterocycles. The van der Waals surface area contributed by atoms with Gasteiger partial charge < -0.3 is 5.11 Å². The van der Waals surface area contributed by atoms with Crippen molar-refractivity contribution in [2.75, 3.05) is 26.3 Å². The summed E-state index contributed by atoms with van der Waals surface area (Å²) in [5, 5.41) is 9.54. The average Bonchev–Trinajstić information content (AvgIpc) is 3.09. The molecule has 1 aliphatic carbocycles. The summed E-state index contributed by atoms with van der Waals surface area (Å²) in [5.41, 5.74) is 5.15. The van der Waals surface area contributed by atoms with Crippen molar-refractivity contribution in [1.29, 1.82) is 0 Å². The van der Waals surface area contributed by atoms with Gasteiger partial charge in [-0.1, -0.05) is 54.1 Å². The van der Waals surface area contributed by atoms with Crippen molar-refractivity contribution in [3.8, 4) is 0 Å². The van der Waals surface area contributed by atoms with Gasteiger partial charge in [0.15, 0.2) is 0 Å². The molecule has 1 heterocycles. The maximum atomic E-state index is 14.2. The number of hydrogen-bond acceptors (Lipinski definition) is 2. The van der Waals surface area contributed by atoms with Gasteiger partial charge in [0.1, 0.15) is 0 Å². The predicted molar refractivity (Wildman–Crippen MR) is 150 cm³/mol. The number of halogens is 5. The van der Waals surface area contributed by atoms with Crippen LogP contribution in [0.25, 0.3) is 17.2 Å². The Kier molecular flexibility index (Phi) is 8.15. The Hall–Kier alpha value is -3.42. The van der Waals surface area contributed by atoms with Crippen LogP contribution in [-0.2, 0) is 12.6 Å². The third-order valence-electron chi connectivity index (χ3n) is 7.44. The fraction of sp³-hybridized carbons (Fsp3) is 0.281. The summed E-state index contributed by atoms with van der Waals surface area (Å²) >= 11 is 5.99. The summed E-state index contributed by atoms with van der Waals surface area (Å²) in [5.74, 6) is -1.05. The Morgan fingerprint density at radius 1 is 0.975 bits per heavy atom. The lowest BCUT2D eigenvalue weighted by Gasteiger charge is -2.33. The first kappa shape index (κ1) is 28.1. The Labute approximate surface area is 235 Å². The number of carboxylic acid groups (broad SMARTS) is 1. The number of hydrogen-bond donors (Lipinski definition) is 1. The summed E-state index contributed by atoms with van der Waals surface area (Å²) < 4.78 is 55.0. The highest BCUT2D eigenvalue weighted by Gasteiger charge is 2.35. The molecule has 1 aliphatic heterocycles. The van der Waals surface area contributed by atoms with E-state index in [2.05, 4.69) is 11.0 Å². The fourth-order valence-electron chi connectivity index (χ4n) is 5.58. The van der Waals surface area contributed by atoms with Crippen LogP contribution in [-0.4, -0.2) is 42.3 Å². The molecule has 1 N–H and O–H groups in total. The molecular formula is C32H28ClF4NO2. The monoisotopic (exact) mass is 569 g/mol. The number of allylic oxidation sites excluding steroid dienone is 1. The Bertz CT molecular complexity index is 1480. The SMILES string of the molecule is O=C(O)c1ccc2c(c1)CCCC(c1ccc(Cl)cc1C(F)(F)F)=C2c1ccc(C=C2CN(CCCF)C2)cc1. The summed E-state index contributed by atoms with van der Waals surface area (Å²) in [6.07, 6.45) is -0.487. The quantitative estimate of drug-likeness (QED) is 0.290. The Morgan fingerprint density at radius 3 is 2.38 bits per heavy atom. The van der Waals surface area contributed by atoms with Crippen molar-refractivity contribution in [1.82, 2.24) is 4.90 Å². The highest BCUT2D eigenvalue weighted by atomic mass is 35.5. The number of fused-ring (bicyclic) bond motifs is 1. The normalized spacial score (nSPS) is 15.9. The molecule has 0 amide bonds. The maximum Gasteiger partial charge on any atom is 0.417 e. The van der Waals surface area contributed by atoms with Crippen LogP contribution in [0.4, 0.5) is 17.6 Å². The summed E-state index contributed by atoms with van der Waals surface area (Å²) in [6.45, 7) is 2.01. The van der Waals surface area contributed by atoms with Gasteiger partial charge >= 0.3 is 12.1 Å². The molecule has 40 heavy (non-hydrogen) atoms. The van der Waals surface area contributed by atoms with Crippen molar-refractivity contribution in [3.63, 3.8) is 0 Å². The Morgan fingerprint density at radius 2 is 1.70 bits per heavy atom. The first-order valence-electron chi connectivity index (χ1n) is 13.2. The molecule has 8 heteroatoms. The van der Waals surface area contributed by atoms with E-state index in [-0.39, 0.29) is 22.8 Å². The van der Waals surface area contributed by atoms with Gasteiger partial charge in [-0.15, -0.1) is 0 Å². The molecule has 0 saturated carbocycles. The molecular weight excluding hydrogens is 542 g/mol. The third kappa shape index (κ3) is 6.01. The topological polar surface area (TPSA) is 40.5 Å². The van der Waals surface area contributed by atoms with Crippen LogP contribution < -0.4 is 0 Å². The highest BCUT2D eigenvalue weighted by molar-refractivity contribution is 6.30. The van der Waals surface area contributed by atoms with Crippen LogP contribution in [0.2, 0.25) is 5.02 Å². The summed E-state index contributed by atoms with van der Waals surface area (Å²) in [7, 11) is 0. The smallest absolute Gasteiger partial charge is 0.417 e. The number of nitrogens with zero attached hydrogens (tertiary/aromatic N) is 1. The number of benzene rings is 3. The van der Waals surface area contributed by atoms with Gasteiger partial charge in [-0.05, 0) is 94.5 Å². The second-order valence-electron chi connectivity index (χ2n) is 10.2. The minimum absolute atomic E-state index is 0.00925. The number of alkyl halides is 4. The third-order valence-corrected chi connectivity index (χ3v) is 7.67. The van der Waals surface area contributed by atoms with E-state index < -0.39 is 17.7 Å². The molecule has 0 aromatic heterocycles. The minimum Gasteiger partial charge on any atom is -0.478 e. The van der Waals surface area contributed by atoms with E-state index in [1.807, 2.05) is 24.3 Å². The van der Waals surface area contributed by atoms with Crippen molar-refractivity contribution in [3.05, 3.63) is 110 Å². The van der Waals surface area contributed by atoms with Crippen LogP contribution in [0, 0.1) is 0 Å². The number of rotatable bonds is 7. The van der Waals surface area contributed by atoms with Gasteiger partial charge in [0.25, 0.3) is 0 Å². The summed E-state index contributed by atoms with van der Waals surface area (Å²) in [4.78, 5) is 13.8. The van der Waals surface area contributed by atoms with Gasteiger partial charge in [0.05, 0.1) is 17.8 Å². The number of carboxylic acids is 1. The minimum atomic E-state index is -4.60. The second-order valence-corrected chi connectivity index (χ2v) is 10.7. The molecule has 3 aromatic carbocycles. The van der Waals surface area contributed by atoms with Gasteiger partial charge in [-0.3, -0.25) is 9.29 Å². The van der Waals surface area contributed by atoms with Gasteiger partial charge in [0.2, 0.25) is 0 Å². The molecule has 2 aliphatic rings. The lowest BCUT2D eigenvalue weighted by Crippen LogP contribution is -2.40. The molecule has 3 nitrogen and oxygen atoms in total. The van der Waals surface area contributed by atoms with E-state index in [4.69, 9.17) is 11.6 Å². The molecule has 1 fully saturated rings. The lowest BCUT2D eigenvalue weighted by molar-refractivity contribution is -0.137. The fourth-order valence-corrected chi connectivity index (χ4v) is 5.75.